The molecule has 208 valence electrons. The number of benzene rings is 3. The SMILES string of the molecule is CC1CN(Cc2cccc3c2CN(C2CCC(=O)NC2=O)C3S)CC(C)N1C(c1ccccc1)c1ccccc1. The summed E-state index contributed by atoms with van der Waals surface area (Å²) in [6.07, 6.45) is 0.926. The number of piperidine rings is 1. The maximum absolute atomic E-state index is 12.6. The highest BCUT2D eigenvalue weighted by Crippen LogP contribution is 2.41. The van der Waals surface area contributed by atoms with Gasteiger partial charge < -0.3 is 0 Å². The van der Waals surface area contributed by atoms with E-state index in [0.29, 0.717) is 31.5 Å². The number of nitrogens with zero attached hydrogens (tertiary/aromatic N) is 3. The van der Waals surface area contributed by atoms with Crippen molar-refractivity contribution in [2.24, 2.45) is 0 Å². The van der Waals surface area contributed by atoms with Crippen molar-refractivity contribution in [1.82, 2.24) is 20.0 Å². The number of carbonyl (C=O) groups is 2. The average molecular weight is 555 g/mol. The zero-order valence-corrected chi connectivity index (χ0v) is 24.1. The predicted octanol–water partition coefficient (Wildman–Crippen LogP) is 4.92. The molecular weight excluding hydrogens is 516 g/mol. The van der Waals surface area contributed by atoms with Gasteiger partial charge in [0, 0.05) is 44.7 Å². The number of nitrogens with one attached hydrogen (secondary N) is 1. The second kappa shape index (κ2) is 11.5. The monoisotopic (exact) mass is 554 g/mol. The van der Waals surface area contributed by atoms with Gasteiger partial charge >= 0.3 is 0 Å². The Balaban J connectivity index is 1.20. The molecule has 0 spiro atoms. The second-order valence-corrected chi connectivity index (χ2v) is 12.1. The lowest BCUT2D eigenvalue weighted by molar-refractivity contribution is -0.137. The van der Waals surface area contributed by atoms with Gasteiger partial charge in [-0.3, -0.25) is 29.6 Å². The lowest BCUT2D eigenvalue weighted by Crippen LogP contribution is -2.57. The molecule has 0 radical (unpaired) electrons. The first-order valence-electron chi connectivity index (χ1n) is 14.4. The summed E-state index contributed by atoms with van der Waals surface area (Å²) in [7, 11) is 0. The van der Waals surface area contributed by atoms with Crippen LogP contribution in [-0.2, 0) is 22.7 Å². The predicted molar refractivity (Wildman–Crippen MR) is 161 cm³/mol. The molecule has 6 rings (SSSR count). The fourth-order valence-electron chi connectivity index (χ4n) is 7.10. The number of hydrogen-bond acceptors (Lipinski definition) is 6. The number of hydrogen-bond donors (Lipinski definition) is 2. The van der Waals surface area contributed by atoms with Gasteiger partial charge in [0.1, 0.15) is 0 Å². The fourth-order valence-corrected chi connectivity index (χ4v) is 7.58. The van der Waals surface area contributed by atoms with Gasteiger partial charge in [-0.1, -0.05) is 78.9 Å². The number of fused-ring (bicyclic) bond motifs is 1. The molecule has 0 bridgehead atoms. The average Bonchev–Trinajstić information content (AvgIpc) is 3.28. The van der Waals surface area contributed by atoms with Gasteiger partial charge in [-0.15, -0.1) is 0 Å². The summed E-state index contributed by atoms with van der Waals surface area (Å²) in [5.74, 6) is -0.381. The van der Waals surface area contributed by atoms with Crippen molar-refractivity contribution in [3.63, 3.8) is 0 Å². The molecule has 2 fully saturated rings. The highest BCUT2D eigenvalue weighted by Gasteiger charge is 2.40. The van der Waals surface area contributed by atoms with E-state index in [2.05, 4.69) is 113 Å². The van der Waals surface area contributed by atoms with Crippen molar-refractivity contribution < 1.29 is 9.59 Å². The summed E-state index contributed by atoms with van der Waals surface area (Å²) in [5, 5.41) is 2.37. The van der Waals surface area contributed by atoms with E-state index in [4.69, 9.17) is 12.6 Å². The summed E-state index contributed by atoms with van der Waals surface area (Å²) < 4.78 is 0. The van der Waals surface area contributed by atoms with E-state index >= 15 is 0 Å². The Hall–Kier alpha value is -2.97. The third-order valence-electron chi connectivity index (χ3n) is 8.84. The summed E-state index contributed by atoms with van der Waals surface area (Å²) in [4.78, 5) is 31.8. The fraction of sp³-hybridized carbons (Fsp3) is 0.394. The van der Waals surface area contributed by atoms with Crippen LogP contribution in [0.25, 0.3) is 0 Å². The van der Waals surface area contributed by atoms with Crippen LogP contribution in [0.1, 0.15) is 65.9 Å². The van der Waals surface area contributed by atoms with Gasteiger partial charge in [-0.25, -0.2) is 0 Å². The van der Waals surface area contributed by atoms with Crippen LogP contribution < -0.4 is 5.32 Å². The Bertz CT molecular complexity index is 1320. The van der Waals surface area contributed by atoms with Crippen LogP contribution >= 0.6 is 12.6 Å². The van der Waals surface area contributed by atoms with E-state index in [1.807, 2.05) is 0 Å². The molecule has 4 atom stereocenters. The lowest BCUT2D eigenvalue weighted by Gasteiger charge is -2.48. The molecule has 0 aliphatic carbocycles. The van der Waals surface area contributed by atoms with Crippen molar-refractivity contribution in [3.8, 4) is 0 Å². The molecule has 3 aromatic carbocycles. The maximum Gasteiger partial charge on any atom is 0.243 e. The molecule has 7 heteroatoms. The van der Waals surface area contributed by atoms with Crippen molar-refractivity contribution >= 4 is 24.4 Å². The van der Waals surface area contributed by atoms with Crippen molar-refractivity contribution in [2.45, 2.75) is 69.3 Å². The quantitative estimate of drug-likeness (QED) is 0.335. The smallest absolute Gasteiger partial charge is 0.243 e. The standard InChI is InChI=1S/C33H38N4O2S/c1-22-18-35(19-23(2)37(22)31(24-10-5-3-6-11-24)25-12-7-4-8-13-25)20-26-14-9-15-27-28(26)21-36(33(27)40)29-16-17-30(38)34-32(29)39/h3-15,22-23,29,31,33,40H,16-21H2,1-2H3,(H,34,38,39). The van der Waals surface area contributed by atoms with Crippen LogP contribution in [0.4, 0.5) is 0 Å². The largest absolute Gasteiger partial charge is 0.296 e. The van der Waals surface area contributed by atoms with Gasteiger partial charge in [-0.05, 0) is 48.1 Å². The first-order valence-corrected chi connectivity index (χ1v) is 14.9. The molecule has 2 amide bonds. The van der Waals surface area contributed by atoms with Gasteiger partial charge in [0.25, 0.3) is 0 Å². The lowest BCUT2D eigenvalue weighted by atomic mass is 9.92. The molecule has 3 aliphatic rings. The number of piperazine rings is 1. The van der Waals surface area contributed by atoms with E-state index in [1.165, 1.54) is 27.8 Å². The van der Waals surface area contributed by atoms with Crippen molar-refractivity contribution in [1.29, 1.82) is 0 Å². The number of carbonyl (C=O) groups excluding carboxylic acids is 2. The zero-order chi connectivity index (χ0) is 27.8. The summed E-state index contributed by atoms with van der Waals surface area (Å²) in [6.45, 7) is 8.21. The van der Waals surface area contributed by atoms with Crippen LogP contribution in [0.2, 0.25) is 0 Å². The summed E-state index contributed by atoms with van der Waals surface area (Å²) in [5.41, 5.74) is 6.42. The van der Waals surface area contributed by atoms with E-state index < -0.39 is 0 Å². The number of thiol groups is 1. The molecule has 3 aromatic rings. The van der Waals surface area contributed by atoms with E-state index in [1.54, 1.807) is 0 Å². The molecule has 1 N–H and O–H groups in total. The molecular formula is C33H38N4O2S. The van der Waals surface area contributed by atoms with Crippen LogP contribution in [0.5, 0.6) is 0 Å². The normalized spacial score (nSPS) is 26.2. The van der Waals surface area contributed by atoms with E-state index in [-0.39, 0.29) is 29.3 Å². The number of rotatable bonds is 6. The minimum absolute atomic E-state index is 0.147. The molecule has 2 saturated heterocycles. The zero-order valence-electron chi connectivity index (χ0n) is 23.2. The Kier molecular flexibility index (Phi) is 7.82. The Morgan fingerprint density at radius 2 is 1.50 bits per heavy atom. The van der Waals surface area contributed by atoms with Crippen molar-refractivity contribution in [2.75, 3.05) is 13.1 Å². The molecule has 0 saturated carbocycles. The molecule has 40 heavy (non-hydrogen) atoms. The Morgan fingerprint density at radius 3 is 2.10 bits per heavy atom. The van der Waals surface area contributed by atoms with Crippen molar-refractivity contribution in [3.05, 3.63) is 107 Å². The summed E-state index contributed by atoms with van der Waals surface area (Å²) >= 11 is 4.93. The molecule has 3 heterocycles. The van der Waals surface area contributed by atoms with Gasteiger partial charge in [0.2, 0.25) is 11.8 Å². The van der Waals surface area contributed by atoms with Crippen LogP contribution in [0.15, 0.2) is 78.9 Å². The highest BCUT2D eigenvalue weighted by atomic mass is 32.1. The van der Waals surface area contributed by atoms with Crippen LogP contribution in [-0.4, -0.2) is 57.7 Å². The minimum Gasteiger partial charge on any atom is -0.296 e. The number of amides is 2. The minimum atomic E-state index is -0.322. The van der Waals surface area contributed by atoms with E-state index in [9.17, 15) is 9.59 Å². The topological polar surface area (TPSA) is 55.9 Å². The first-order chi connectivity index (χ1) is 19.4. The third-order valence-corrected chi connectivity index (χ3v) is 9.41. The summed E-state index contributed by atoms with van der Waals surface area (Å²) in [6, 6.07) is 28.8. The third kappa shape index (κ3) is 5.23. The first kappa shape index (κ1) is 27.2. The van der Waals surface area contributed by atoms with E-state index in [0.717, 1.165) is 19.6 Å². The number of imide groups is 1. The van der Waals surface area contributed by atoms with Gasteiger partial charge in [-0.2, -0.15) is 12.6 Å². The van der Waals surface area contributed by atoms with Gasteiger partial charge in [0.05, 0.1) is 17.5 Å². The molecule has 3 aliphatic heterocycles. The molecule has 6 nitrogen and oxygen atoms in total. The highest BCUT2D eigenvalue weighted by molar-refractivity contribution is 7.80. The maximum atomic E-state index is 12.6. The van der Waals surface area contributed by atoms with Gasteiger partial charge in [0.15, 0.2) is 0 Å². The molecule has 4 unspecified atom stereocenters. The van der Waals surface area contributed by atoms with Crippen LogP contribution in [0, 0.1) is 0 Å². The van der Waals surface area contributed by atoms with Crippen LogP contribution in [0.3, 0.4) is 0 Å². The molecule has 0 aromatic heterocycles. The Labute approximate surface area is 242 Å². The second-order valence-electron chi connectivity index (χ2n) is 11.6. The Morgan fingerprint density at radius 1 is 0.875 bits per heavy atom.